The van der Waals surface area contributed by atoms with E-state index in [4.69, 9.17) is 16.6 Å². The van der Waals surface area contributed by atoms with E-state index >= 15 is 0 Å². The first-order chi connectivity index (χ1) is 11.6. The fourth-order valence-electron chi connectivity index (χ4n) is 1.86. The van der Waals surface area contributed by atoms with Crippen molar-refractivity contribution in [3.63, 3.8) is 0 Å². The van der Waals surface area contributed by atoms with Crippen LogP contribution in [0.15, 0.2) is 0 Å². The van der Waals surface area contributed by atoms with Gasteiger partial charge in [0.15, 0.2) is 0 Å². The minimum atomic E-state index is -1.15. The molecule has 0 saturated carbocycles. The molecule has 0 heterocycles. The Kier molecular flexibility index (Phi) is 10.4. The Labute approximate surface area is 147 Å². The molecular formula is C15H29N5O5. The van der Waals surface area contributed by atoms with Gasteiger partial charge in [0.1, 0.15) is 18.1 Å². The van der Waals surface area contributed by atoms with E-state index in [0.29, 0.717) is 19.4 Å². The zero-order valence-electron chi connectivity index (χ0n) is 14.9. The van der Waals surface area contributed by atoms with Crippen molar-refractivity contribution in [3.05, 3.63) is 0 Å². The molecule has 10 heteroatoms. The van der Waals surface area contributed by atoms with Gasteiger partial charge in [0.2, 0.25) is 17.7 Å². The molecular weight excluding hydrogens is 330 g/mol. The summed E-state index contributed by atoms with van der Waals surface area (Å²) in [6.45, 7) is 4.80. The Morgan fingerprint density at radius 3 is 1.80 bits per heavy atom. The fourth-order valence-corrected chi connectivity index (χ4v) is 1.86. The van der Waals surface area contributed by atoms with Crippen LogP contribution in [-0.4, -0.2) is 59.5 Å². The number of nitrogens with two attached hydrogens (primary N) is 2. The second-order valence-electron chi connectivity index (χ2n) is 5.93. The van der Waals surface area contributed by atoms with E-state index in [-0.39, 0.29) is 6.42 Å². The average Bonchev–Trinajstić information content (AvgIpc) is 2.53. The normalized spacial score (nSPS) is 15.4. The Morgan fingerprint density at radius 1 is 0.880 bits per heavy atom. The van der Waals surface area contributed by atoms with Crippen LogP contribution in [0.2, 0.25) is 0 Å². The number of carbonyl (C=O) groups excluding carboxylic acids is 3. The number of rotatable bonds is 11. The quantitative estimate of drug-likeness (QED) is 0.232. The lowest BCUT2D eigenvalue weighted by atomic mass is 10.1. The largest absolute Gasteiger partial charge is 0.480 e. The molecule has 0 fully saturated rings. The van der Waals surface area contributed by atoms with Crippen molar-refractivity contribution in [2.45, 2.75) is 64.2 Å². The van der Waals surface area contributed by atoms with Crippen LogP contribution in [0.3, 0.4) is 0 Å². The number of carboxylic acid groups (broad SMARTS) is 1. The van der Waals surface area contributed by atoms with E-state index in [1.54, 1.807) is 0 Å². The topological polar surface area (TPSA) is 177 Å². The Morgan fingerprint density at radius 2 is 1.36 bits per heavy atom. The van der Waals surface area contributed by atoms with Crippen molar-refractivity contribution >= 4 is 23.7 Å². The maximum absolute atomic E-state index is 12.1. The molecule has 0 saturated heterocycles. The van der Waals surface area contributed by atoms with Gasteiger partial charge in [-0.25, -0.2) is 4.79 Å². The van der Waals surface area contributed by atoms with Crippen LogP contribution < -0.4 is 27.4 Å². The Balaban J connectivity index is 4.53. The SMILES string of the molecule is C[C@H](N)C(=O)N[C@@H](C)C(=O)N[C@@H](C)C(=O)N[C@@H](CCCCN)C(=O)O. The lowest BCUT2D eigenvalue weighted by molar-refractivity contribution is -0.142. The van der Waals surface area contributed by atoms with E-state index in [2.05, 4.69) is 16.0 Å². The predicted molar refractivity (Wildman–Crippen MR) is 91.3 cm³/mol. The lowest BCUT2D eigenvalue weighted by Gasteiger charge is -2.21. The summed E-state index contributed by atoms with van der Waals surface area (Å²) in [4.78, 5) is 46.7. The van der Waals surface area contributed by atoms with Gasteiger partial charge in [-0.15, -0.1) is 0 Å². The highest BCUT2D eigenvalue weighted by Crippen LogP contribution is 2.01. The lowest BCUT2D eigenvalue weighted by Crippen LogP contribution is -2.55. The second kappa shape index (κ2) is 11.4. The summed E-state index contributed by atoms with van der Waals surface area (Å²) in [6.07, 6.45) is 1.47. The zero-order valence-corrected chi connectivity index (χ0v) is 14.9. The molecule has 3 amide bonds. The Bertz CT molecular complexity index is 483. The maximum atomic E-state index is 12.1. The average molecular weight is 359 g/mol. The van der Waals surface area contributed by atoms with Gasteiger partial charge in [-0.2, -0.15) is 0 Å². The first kappa shape index (κ1) is 22.8. The maximum Gasteiger partial charge on any atom is 0.326 e. The summed E-state index contributed by atoms with van der Waals surface area (Å²) in [5, 5.41) is 16.3. The number of amides is 3. The highest BCUT2D eigenvalue weighted by molar-refractivity contribution is 5.93. The monoisotopic (exact) mass is 359 g/mol. The molecule has 0 rings (SSSR count). The van der Waals surface area contributed by atoms with Crippen molar-refractivity contribution in [2.75, 3.05) is 6.54 Å². The summed E-state index contributed by atoms with van der Waals surface area (Å²) in [5.74, 6) is -2.85. The smallest absolute Gasteiger partial charge is 0.326 e. The number of unbranched alkanes of at least 4 members (excludes halogenated alkanes) is 1. The van der Waals surface area contributed by atoms with E-state index in [9.17, 15) is 19.2 Å². The van der Waals surface area contributed by atoms with Crippen LogP contribution in [0.5, 0.6) is 0 Å². The van der Waals surface area contributed by atoms with Crippen LogP contribution in [0.4, 0.5) is 0 Å². The third-order valence-corrected chi connectivity index (χ3v) is 3.48. The van der Waals surface area contributed by atoms with E-state index in [1.807, 2.05) is 0 Å². The highest BCUT2D eigenvalue weighted by atomic mass is 16.4. The van der Waals surface area contributed by atoms with Gasteiger partial charge in [-0.05, 0) is 46.6 Å². The summed E-state index contributed by atoms with van der Waals surface area (Å²) in [5.41, 5.74) is 10.8. The van der Waals surface area contributed by atoms with Crippen molar-refractivity contribution in [1.82, 2.24) is 16.0 Å². The fraction of sp³-hybridized carbons (Fsp3) is 0.733. The van der Waals surface area contributed by atoms with Crippen molar-refractivity contribution in [3.8, 4) is 0 Å². The predicted octanol–water partition coefficient (Wildman–Crippen LogP) is -1.96. The molecule has 0 aliphatic heterocycles. The molecule has 0 aliphatic rings. The van der Waals surface area contributed by atoms with Gasteiger partial charge in [-0.1, -0.05) is 0 Å². The van der Waals surface area contributed by atoms with Crippen LogP contribution in [-0.2, 0) is 19.2 Å². The molecule has 8 N–H and O–H groups in total. The molecule has 0 aromatic carbocycles. The van der Waals surface area contributed by atoms with Crippen LogP contribution in [0.1, 0.15) is 40.0 Å². The molecule has 0 aromatic heterocycles. The zero-order chi connectivity index (χ0) is 19.6. The summed E-state index contributed by atoms with van der Waals surface area (Å²) in [7, 11) is 0. The first-order valence-corrected chi connectivity index (χ1v) is 8.19. The van der Waals surface area contributed by atoms with Crippen LogP contribution in [0, 0.1) is 0 Å². The van der Waals surface area contributed by atoms with Gasteiger partial charge in [0, 0.05) is 0 Å². The number of aliphatic carboxylic acids is 1. The molecule has 25 heavy (non-hydrogen) atoms. The van der Waals surface area contributed by atoms with Gasteiger partial charge in [0.05, 0.1) is 6.04 Å². The van der Waals surface area contributed by atoms with Gasteiger partial charge in [0.25, 0.3) is 0 Å². The van der Waals surface area contributed by atoms with E-state index in [1.165, 1.54) is 20.8 Å². The van der Waals surface area contributed by atoms with Crippen molar-refractivity contribution < 1.29 is 24.3 Å². The van der Waals surface area contributed by atoms with E-state index < -0.39 is 47.9 Å². The molecule has 10 nitrogen and oxygen atoms in total. The molecule has 0 aliphatic carbocycles. The minimum Gasteiger partial charge on any atom is -0.480 e. The van der Waals surface area contributed by atoms with Gasteiger partial charge < -0.3 is 32.5 Å². The molecule has 4 atom stereocenters. The van der Waals surface area contributed by atoms with Gasteiger partial charge in [-0.3, -0.25) is 14.4 Å². The molecule has 0 aromatic rings. The molecule has 0 bridgehead atoms. The molecule has 0 spiro atoms. The number of carboxylic acids is 1. The number of hydrogen-bond acceptors (Lipinski definition) is 6. The van der Waals surface area contributed by atoms with Gasteiger partial charge >= 0.3 is 5.97 Å². The van der Waals surface area contributed by atoms with Crippen LogP contribution >= 0.6 is 0 Å². The number of hydrogen-bond donors (Lipinski definition) is 6. The number of nitrogens with one attached hydrogen (secondary N) is 3. The third kappa shape index (κ3) is 9.01. The molecule has 0 radical (unpaired) electrons. The van der Waals surface area contributed by atoms with Crippen molar-refractivity contribution in [1.29, 1.82) is 0 Å². The standard InChI is InChI=1S/C15H29N5O5/c1-8(17)12(21)18-9(2)13(22)19-10(3)14(23)20-11(15(24)25)6-4-5-7-16/h8-11H,4-7,16-17H2,1-3H3,(H,18,21)(H,19,22)(H,20,23)(H,24,25)/t8-,9-,10-,11-/m0/s1. The van der Waals surface area contributed by atoms with Crippen LogP contribution in [0.25, 0.3) is 0 Å². The summed E-state index contributed by atoms with van der Waals surface area (Å²) >= 11 is 0. The Hall–Kier alpha value is -2.20. The summed E-state index contributed by atoms with van der Waals surface area (Å²) < 4.78 is 0. The molecule has 0 unspecified atom stereocenters. The second-order valence-corrected chi connectivity index (χ2v) is 5.93. The molecule has 144 valence electrons. The third-order valence-electron chi connectivity index (χ3n) is 3.48. The highest BCUT2D eigenvalue weighted by Gasteiger charge is 2.25. The van der Waals surface area contributed by atoms with Crippen molar-refractivity contribution in [2.24, 2.45) is 11.5 Å². The van der Waals surface area contributed by atoms with E-state index in [0.717, 1.165) is 0 Å². The minimum absolute atomic E-state index is 0.250. The number of carbonyl (C=O) groups is 4. The summed E-state index contributed by atoms with van der Waals surface area (Å²) in [6, 6.07) is -3.65. The first-order valence-electron chi connectivity index (χ1n) is 8.19.